The molecule has 1 amide bonds. The van der Waals surface area contributed by atoms with Crippen molar-refractivity contribution in [3.05, 3.63) is 6.33 Å². The van der Waals surface area contributed by atoms with Crippen LogP contribution in [0.2, 0.25) is 0 Å². The Hall–Kier alpha value is -1.46. The van der Waals surface area contributed by atoms with Gasteiger partial charge in [0.2, 0.25) is 5.91 Å². The van der Waals surface area contributed by atoms with Gasteiger partial charge in [0.25, 0.3) is 0 Å². The SMILES string of the molecule is C[C@H]1[C@H](C)CCC[C@H]1NC(=O)Cn1cnnn1. The van der Waals surface area contributed by atoms with Gasteiger partial charge in [-0.1, -0.05) is 26.7 Å². The fourth-order valence-corrected chi connectivity index (χ4v) is 2.44. The van der Waals surface area contributed by atoms with Gasteiger partial charge in [0, 0.05) is 6.04 Å². The Labute approximate surface area is 101 Å². The Morgan fingerprint density at radius 1 is 1.47 bits per heavy atom. The quantitative estimate of drug-likeness (QED) is 0.836. The van der Waals surface area contributed by atoms with Crippen LogP contribution < -0.4 is 5.32 Å². The van der Waals surface area contributed by atoms with Crippen molar-refractivity contribution in [3.63, 3.8) is 0 Å². The van der Waals surface area contributed by atoms with E-state index in [4.69, 9.17) is 0 Å². The van der Waals surface area contributed by atoms with Crippen LogP contribution in [0.1, 0.15) is 33.1 Å². The molecular formula is C11H19N5O. The van der Waals surface area contributed by atoms with E-state index in [1.54, 1.807) is 0 Å². The molecule has 1 aliphatic rings. The van der Waals surface area contributed by atoms with Gasteiger partial charge in [-0.05, 0) is 28.7 Å². The third-order valence-corrected chi connectivity index (χ3v) is 3.75. The highest BCUT2D eigenvalue weighted by Crippen LogP contribution is 2.29. The third-order valence-electron chi connectivity index (χ3n) is 3.75. The lowest BCUT2D eigenvalue weighted by atomic mass is 9.78. The van der Waals surface area contributed by atoms with Gasteiger partial charge < -0.3 is 5.32 Å². The van der Waals surface area contributed by atoms with E-state index in [9.17, 15) is 4.79 Å². The highest BCUT2D eigenvalue weighted by Gasteiger charge is 2.28. The van der Waals surface area contributed by atoms with Crippen LogP contribution in [0.15, 0.2) is 6.33 Å². The standard InChI is InChI=1S/C11H19N5O/c1-8-4-3-5-10(9(8)2)13-11(17)6-16-7-12-14-15-16/h7-10H,3-6H2,1-2H3,(H,13,17)/t8-,9+,10-/m1/s1. The van der Waals surface area contributed by atoms with Crippen molar-refractivity contribution >= 4 is 5.91 Å². The van der Waals surface area contributed by atoms with E-state index >= 15 is 0 Å². The van der Waals surface area contributed by atoms with E-state index in [-0.39, 0.29) is 12.5 Å². The Morgan fingerprint density at radius 2 is 2.29 bits per heavy atom. The van der Waals surface area contributed by atoms with Gasteiger partial charge >= 0.3 is 0 Å². The molecule has 1 aromatic rings. The van der Waals surface area contributed by atoms with Crippen LogP contribution in [0.25, 0.3) is 0 Å². The number of hydrogen-bond acceptors (Lipinski definition) is 4. The van der Waals surface area contributed by atoms with Gasteiger partial charge in [-0.2, -0.15) is 0 Å². The molecule has 0 aliphatic heterocycles. The molecule has 1 saturated carbocycles. The summed E-state index contributed by atoms with van der Waals surface area (Å²) in [5, 5.41) is 13.8. The third kappa shape index (κ3) is 3.01. The summed E-state index contributed by atoms with van der Waals surface area (Å²) in [5.41, 5.74) is 0. The predicted molar refractivity (Wildman–Crippen MR) is 61.9 cm³/mol. The average Bonchev–Trinajstić information content (AvgIpc) is 2.77. The Morgan fingerprint density at radius 3 is 3.00 bits per heavy atom. The molecule has 94 valence electrons. The number of amides is 1. The van der Waals surface area contributed by atoms with Crippen LogP contribution in [-0.4, -0.2) is 32.2 Å². The maximum absolute atomic E-state index is 11.8. The molecule has 0 aromatic carbocycles. The average molecular weight is 237 g/mol. The summed E-state index contributed by atoms with van der Waals surface area (Å²) in [4.78, 5) is 11.8. The number of carbonyl (C=O) groups excluding carboxylic acids is 1. The predicted octanol–water partition coefficient (Wildman–Crippen LogP) is 0.614. The van der Waals surface area contributed by atoms with E-state index in [1.807, 2.05) is 0 Å². The minimum Gasteiger partial charge on any atom is -0.351 e. The van der Waals surface area contributed by atoms with Crippen LogP contribution in [0.5, 0.6) is 0 Å². The summed E-state index contributed by atoms with van der Waals surface area (Å²) in [7, 11) is 0. The molecule has 0 unspecified atom stereocenters. The summed E-state index contributed by atoms with van der Waals surface area (Å²) in [6.45, 7) is 4.67. The second-order valence-corrected chi connectivity index (χ2v) is 4.95. The van der Waals surface area contributed by atoms with Crippen LogP contribution in [0, 0.1) is 11.8 Å². The van der Waals surface area contributed by atoms with Crippen molar-refractivity contribution in [2.75, 3.05) is 0 Å². The van der Waals surface area contributed by atoms with E-state index in [1.165, 1.54) is 23.9 Å². The molecule has 2 rings (SSSR count). The van der Waals surface area contributed by atoms with E-state index < -0.39 is 0 Å². The topological polar surface area (TPSA) is 72.7 Å². The summed E-state index contributed by atoms with van der Waals surface area (Å²) in [6, 6.07) is 0.294. The van der Waals surface area contributed by atoms with Crippen LogP contribution in [-0.2, 0) is 11.3 Å². The zero-order valence-corrected chi connectivity index (χ0v) is 10.3. The number of tetrazole rings is 1. The molecule has 1 N–H and O–H groups in total. The molecule has 1 aromatic heterocycles. The maximum Gasteiger partial charge on any atom is 0.242 e. The molecule has 17 heavy (non-hydrogen) atoms. The zero-order chi connectivity index (χ0) is 12.3. The first-order chi connectivity index (χ1) is 8.16. The van der Waals surface area contributed by atoms with Crippen LogP contribution in [0.4, 0.5) is 0 Å². The molecule has 1 heterocycles. The van der Waals surface area contributed by atoms with Gasteiger partial charge in [0.05, 0.1) is 0 Å². The van der Waals surface area contributed by atoms with Crippen molar-refractivity contribution in [1.29, 1.82) is 0 Å². The number of rotatable bonds is 3. The fraction of sp³-hybridized carbons (Fsp3) is 0.818. The Kier molecular flexibility index (Phi) is 3.71. The number of hydrogen-bond donors (Lipinski definition) is 1. The highest BCUT2D eigenvalue weighted by atomic mass is 16.2. The molecular weight excluding hydrogens is 218 g/mol. The van der Waals surface area contributed by atoms with Crippen molar-refractivity contribution in [3.8, 4) is 0 Å². The maximum atomic E-state index is 11.8. The normalized spacial score (nSPS) is 28.9. The number of nitrogens with zero attached hydrogens (tertiary/aromatic N) is 4. The molecule has 3 atom stereocenters. The molecule has 0 radical (unpaired) electrons. The summed E-state index contributed by atoms with van der Waals surface area (Å²) >= 11 is 0. The van der Waals surface area contributed by atoms with Crippen LogP contribution >= 0.6 is 0 Å². The lowest BCUT2D eigenvalue weighted by molar-refractivity contribution is -0.123. The second-order valence-electron chi connectivity index (χ2n) is 4.95. The van der Waals surface area contributed by atoms with Crippen molar-refractivity contribution in [2.24, 2.45) is 11.8 Å². The van der Waals surface area contributed by atoms with Crippen molar-refractivity contribution in [1.82, 2.24) is 25.5 Å². The first-order valence-electron chi connectivity index (χ1n) is 6.17. The number of nitrogens with one attached hydrogen (secondary N) is 1. The summed E-state index contributed by atoms with van der Waals surface area (Å²) < 4.78 is 1.44. The molecule has 0 bridgehead atoms. The zero-order valence-electron chi connectivity index (χ0n) is 10.3. The van der Waals surface area contributed by atoms with E-state index in [0.29, 0.717) is 17.9 Å². The van der Waals surface area contributed by atoms with Crippen molar-refractivity contribution < 1.29 is 4.79 Å². The summed E-state index contributed by atoms with van der Waals surface area (Å²) in [6.07, 6.45) is 4.99. The van der Waals surface area contributed by atoms with Gasteiger partial charge in [-0.25, -0.2) is 4.68 Å². The monoisotopic (exact) mass is 237 g/mol. The molecule has 6 heteroatoms. The largest absolute Gasteiger partial charge is 0.351 e. The minimum atomic E-state index is -0.0109. The molecule has 1 fully saturated rings. The Balaban J connectivity index is 1.85. The molecule has 0 saturated heterocycles. The number of carbonyl (C=O) groups is 1. The first-order valence-corrected chi connectivity index (χ1v) is 6.17. The smallest absolute Gasteiger partial charge is 0.242 e. The van der Waals surface area contributed by atoms with Gasteiger partial charge in [0.1, 0.15) is 12.9 Å². The first kappa shape index (κ1) is 12.0. The van der Waals surface area contributed by atoms with E-state index in [0.717, 1.165) is 6.42 Å². The second kappa shape index (κ2) is 5.25. The molecule has 0 spiro atoms. The number of aromatic nitrogens is 4. The van der Waals surface area contributed by atoms with E-state index in [2.05, 4.69) is 34.7 Å². The lowest BCUT2D eigenvalue weighted by Gasteiger charge is -2.34. The van der Waals surface area contributed by atoms with Gasteiger partial charge in [0.15, 0.2) is 0 Å². The van der Waals surface area contributed by atoms with Crippen LogP contribution in [0.3, 0.4) is 0 Å². The molecule has 6 nitrogen and oxygen atoms in total. The lowest BCUT2D eigenvalue weighted by Crippen LogP contribution is -2.44. The molecule has 1 aliphatic carbocycles. The Bertz CT molecular complexity index is 364. The minimum absolute atomic E-state index is 0.0109. The highest BCUT2D eigenvalue weighted by molar-refractivity contribution is 5.75. The fourth-order valence-electron chi connectivity index (χ4n) is 2.44. The summed E-state index contributed by atoms with van der Waals surface area (Å²) in [5.74, 6) is 1.21. The van der Waals surface area contributed by atoms with Gasteiger partial charge in [-0.15, -0.1) is 5.10 Å². The van der Waals surface area contributed by atoms with Crippen molar-refractivity contribution in [2.45, 2.75) is 45.7 Å². The van der Waals surface area contributed by atoms with Gasteiger partial charge in [-0.3, -0.25) is 4.79 Å².